The van der Waals surface area contributed by atoms with E-state index in [4.69, 9.17) is 27.2 Å². The van der Waals surface area contributed by atoms with Crippen molar-refractivity contribution in [2.24, 2.45) is 5.73 Å². The van der Waals surface area contributed by atoms with Gasteiger partial charge in [0.15, 0.2) is 0 Å². The zero-order chi connectivity index (χ0) is 10.4. The molecule has 4 heteroatoms. The lowest BCUT2D eigenvalue weighted by Crippen LogP contribution is -2.03. The summed E-state index contributed by atoms with van der Waals surface area (Å²) in [6.07, 6.45) is 1.88. The summed E-state index contributed by atoms with van der Waals surface area (Å²) in [6, 6.07) is 4.80. The van der Waals surface area contributed by atoms with E-state index in [1.807, 2.05) is 0 Å². The SMILES string of the molecule is NCCCCOc1ccc(O)c(Cl)c1. The van der Waals surface area contributed by atoms with Crippen molar-refractivity contribution < 1.29 is 9.84 Å². The van der Waals surface area contributed by atoms with E-state index in [0.29, 0.717) is 23.9 Å². The van der Waals surface area contributed by atoms with E-state index < -0.39 is 0 Å². The van der Waals surface area contributed by atoms with Gasteiger partial charge in [0.2, 0.25) is 0 Å². The molecule has 0 bridgehead atoms. The van der Waals surface area contributed by atoms with Gasteiger partial charge in [0, 0.05) is 6.07 Å². The summed E-state index contributed by atoms with van der Waals surface area (Å²) >= 11 is 5.70. The Labute approximate surface area is 88.4 Å². The summed E-state index contributed by atoms with van der Waals surface area (Å²) in [7, 11) is 0. The lowest BCUT2D eigenvalue weighted by molar-refractivity contribution is 0.307. The number of unbranched alkanes of at least 4 members (excludes halogenated alkanes) is 1. The van der Waals surface area contributed by atoms with E-state index in [1.165, 1.54) is 6.07 Å². The molecule has 0 atom stereocenters. The molecule has 3 N–H and O–H groups in total. The first kappa shape index (κ1) is 11.1. The molecule has 14 heavy (non-hydrogen) atoms. The van der Waals surface area contributed by atoms with Gasteiger partial charge in [0.05, 0.1) is 11.6 Å². The van der Waals surface area contributed by atoms with Crippen molar-refractivity contribution >= 4 is 11.6 Å². The number of halogens is 1. The molecule has 0 unspecified atom stereocenters. The Morgan fingerprint density at radius 1 is 1.36 bits per heavy atom. The number of rotatable bonds is 5. The average Bonchev–Trinajstić information content (AvgIpc) is 2.18. The predicted octanol–water partition coefficient (Wildman–Crippen LogP) is 2.16. The van der Waals surface area contributed by atoms with Crippen LogP contribution in [0, 0.1) is 0 Å². The number of hydrogen-bond donors (Lipinski definition) is 2. The highest BCUT2D eigenvalue weighted by Crippen LogP contribution is 2.27. The fourth-order valence-corrected chi connectivity index (χ4v) is 1.18. The molecule has 0 heterocycles. The monoisotopic (exact) mass is 215 g/mol. The Balaban J connectivity index is 2.39. The number of phenols is 1. The first-order chi connectivity index (χ1) is 6.74. The van der Waals surface area contributed by atoms with Crippen LogP contribution in [0.1, 0.15) is 12.8 Å². The smallest absolute Gasteiger partial charge is 0.134 e. The quantitative estimate of drug-likeness (QED) is 0.741. The summed E-state index contributed by atoms with van der Waals surface area (Å²) < 4.78 is 5.39. The van der Waals surface area contributed by atoms with Crippen molar-refractivity contribution in [2.75, 3.05) is 13.2 Å². The molecule has 0 saturated carbocycles. The van der Waals surface area contributed by atoms with Crippen LogP contribution in [-0.2, 0) is 0 Å². The molecule has 0 aliphatic carbocycles. The number of phenolic OH excluding ortho intramolecular Hbond substituents is 1. The molecule has 0 radical (unpaired) electrons. The lowest BCUT2D eigenvalue weighted by Gasteiger charge is -2.06. The molecule has 1 aromatic carbocycles. The Morgan fingerprint density at radius 3 is 2.79 bits per heavy atom. The number of aromatic hydroxyl groups is 1. The molecule has 0 amide bonds. The molecule has 0 aliphatic heterocycles. The first-order valence-corrected chi connectivity index (χ1v) is 4.93. The Kier molecular flexibility index (Phi) is 4.56. The second kappa shape index (κ2) is 5.73. The number of benzene rings is 1. The van der Waals surface area contributed by atoms with Crippen LogP contribution in [0.15, 0.2) is 18.2 Å². The summed E-state index contributed by atoms with van der Waals surface area (Å²) in [6.45, 7) is 1.30. The summed E-state index contributed by atoms with van der Waals surface area (Å²) in [5.74, 6) is 0.741. The molecule has 0 aromatic heterocycles. The Bertz CT molecular complexity index is 291. The van der Waals surface area contributed by atoms with Crippen LogP contribution in [0.5, 0.6) is 11.5 Å². The number of nitrogens with two attached hydrogens (primary N) is 1. The fraction of sp³-hybridized carbons (Fsp3) is 0.400. The molecule has 78 valence electrons. The molecule has 0 aliphatic rings. The third kappa shape index (κ3) is 3.44. The highest BCUT2D eigenvalue weighted by Gasteiger charge is 2.00. The summed E-state index contributed by atoms with van der Waals surface area (Å²) in [5.41, 5.74) is 5.34. The van der Waals surface area contributed by atoms with E-state index in [9.17, 15) is 0 Å². The lowest BCUT2D eigenvalue weighted by atomic mass is 10.3. The highest BCUT2D eigenvalue weighted by atomic mass is 35.5. The van der Waals surface area contributed by atoms with Crippen molar-refractivity contribution in [1.29, 1.82) is 0 Å². The molecule has 0 spiro atoms. The molecule has 1 aromatic rings. The standard InChI is InChI=1S/C10H14ClNO2/c11-9-7-8(3-4-10(9)13)14-6-2-1-5-12/h3-4,7,13H,1-2,5-6,12H2. The van der Waals surface area contributed by atoms with Gasteiger partial charge >= 0.3 is 0 Å². The minimum absolute atomic E-state index is 0.0703. The second-order valence-corrected chi connectivity index (χ2v) is 3.36. The zero-order valence-corrected chi connectivity index (χ0v) is 8.63. The third-order valence-electron chi connectivity index (χ3n) is 1.79. The number of ether oxygens (including phenoxy) is 1. The van der Waals surface area contributed by atoms with E-state index in [-0.39, 0.29) is 5.75 Å². The number of hydrogen-bond acceptors (Lipinski definition) is 3. The van der Waals surface area contributed by atoms with Crippen LogP contribution in [0.25, 0.3) is 0 Å². The zero-order valence-electron chi connectivity index (χ0n) is 7.87. The van der Waals surface area contributed by atoms with Crippen LogP contribution in [0.3, 0.4) is 0 Å². The molecular formula is C10H14ClNO2. The van der Waals surface area contributed by atoms with Gasteiger partial charge in [-0.05, 0) is 31.5 Å². The van der Waals surface area contributed by atoms with Crippen molar-refractivity contribution in [1.82, 2.24) is 0 Å². The molecule has 3 nitrogen and oxygen atoms in total. The van der Waals surface area contributed by atoms with E-state index >= 15 is 0 Å². The van der Waals surface area contributed by atoms with Gasteiger partial charge in [-0.25, -0.2) is 0 Å². The first-order valence-electron chi connectivity index (χ1n) is 4.55. The van der Waals surface area contributed by atoms with Crippen molar-refractivity contribution in [3.8, 4) is 11.5 Å². The van der Waals surface area contributed by atoms with Crippen molar-refractivity contribution in [3.63, 3.8) is 0 Å². The largest absolute Gasteiger partial charge is 0.506 e. The van der Waals surface area contributed by atoms with Crippen LogP contribution in [0.4, 0.5) is 0 Å². The fourth-order valence-electron chi connectivity index (χ4n) is 1.01. The summed E-state index contributed by atoms with van der Waals surface area (Å²) in [4.78, 5) is 0. The van der Waals surface area contributed by atoms with Crippen LogP contribution < -0.4 is 10.5 Å². The van der Waals surface area contributed by atoms with Crippen LogP contribution in [-0.4, -0.2) is 18.3 Å². The van der Waals surface area contributed by atoms with Crippen LogP contribution >= 0.6 is 11.6 Å². The second-order valence-electron chi connectivity index (χ2n) is 2.96. The molecule has 0 saturated heterocycles. The minimum Gasteiger partial charge on any atom is -0.506 e. The predicted molar refractivity (Wildman–Crippen MR) is 56.9 cm³/mol. The molecule has 1 rings (SSSR count). The summed E-state index contributed by atoms with van der Waals surface area (Å²) in [5, 5.41) is 9.46. The highest BCUT2D eigenvalue weighted by molar-refractivity contribution is 6.32. The van der Waals surface area contributed by atoms with Crippen LogP contribution in [0.2, 0.25) is 5.02 Å². The molecular weight excluding hydrogens is 202 g/mol. The maximum atomic E-state index is 9.15. The Hall–Kier alpha value is -0.930. The maximum absolute atomic E-state index is 9.15. The third-order valence-corrected chi connectivity index (χ3v) is 2.09. The van der Waals surface area contributed by atoms with E-state index in [1.54, 1.807) is 12.1 Å². The topological polar surface area (TPSA) is 55.5 Å². The van der Waals surface area contributed by atoms with Gasteiger partial charge in [0.1, 0.15) is 11.5 Å². The van der Waals surface area contributed by atoms with Gasteiger partial charge in [-0.15, -0.1) is 0 Å². The van der Waals surface area contributed by atoms with Gasteiger partial charge in [-0.1, -0.05) is 11.6 Å². The van der Waals surface area contributed by atoms with Crippen molar-refractivity contribution in [2.45, 2.75) is 12.8 Å². The minimum atomic E-state index is 0.0703. The van der Waals surface area contributed by atoms with Gasteiger partial charge < -0.3 is 15.6 Å². The Morgan fingerprint density at radius 2 is 2.14 bits per heavy atom. The van der Waals surface area contributed by atoms with Gasteiger partial charge in [-0.2, -0.15) is 0 Å². The van der Waals surface area contributed by atoms with Crippen molar-refractivity contribution in [3.05, 3.63) is 23.2 Å². The van der Waals surface area contributed by atoms with E-state index in [0.717, 1.165) is 12.8 Å². The average molecular weight is 216 g/mol. The van der Waals surface area contributed by atoms with E-state index in [2.05, 4.69) is 0 Å². The van der Waals surface area contributed by atoms with Gasteiger partial charge in [-0.3, -0.25) is 0 Å². The maximum Gasteiger partial charge on any atom is 0.134 e. The normalized spacial score (nSPS) is 10.1. The van der Waals surface area contributed by atoms with Gasteiger partial charge in [0.25, 0.3) is 0 Å². The molecule has 0 fully saturated rings.